The summed E-state index contributed by atoms with van der Waals surface area (Å²) in [6, 6.07) is 11.7. The maximum absolute atomic E-state index is 9.32. The Balaban J connectivity index is 1.70. The minimum Gasteiger partial charge on any atom is -0.379 e. The highest BCUT2D eigenvalue weighted by atomic mass is 15.1. The van der Waals surface area contributed by atoms with E-state index >= 15 is 0 Å². The van der Waals surface area contributed by atoms with E-state index in [4.69, 9.17) is 0 Å². The van der Waals surface area contributed by atoms with Gasteiger partial charge in [-0.25, -0.2) is 0 Å². The van der Waals surface area contributed by atoms with Crippen molar-refractivity contribution in [1.29, 1.82) is 5.26 Å². The predicted molar refractivity (Wildman–Crippen MR) is 80.8 cm³/mol. The van der Waals surface area contributed by atoms with E-state index in [-0.39, 0.29) is 0 Å². The van der Waals surface area contributed by atoms with Crippen LogP contribution in [-0.2, 0) is 0 Å². The first-order valence-electron chi connectivity index (χ1n) is 7.51. The smallest absolute Gasteiger partial charge is 0.186 e. The van der Waals surface area contributed by atoms with Crippen molar-refractivity contribution in [3.05, 3.63) is 30.0 Å². The van der Waals surface area contributed by atoms with Gasteiger partial charge in [-0.2, -0.15) is 5.26 Å². The maximum Gasteiger partial charge on any atom is 0.186 e. The van der Waals surface area contributed by atoms with Crippen molar-refractivity contribution in [1.82, 2.24) is 15.5 Å². The Morgan fingerprint density at radius 1 is 1.14 bits per heavy atom. The van der Waals surface area contributed by atoms with E-state index < -0.39 is 0 Å². The summed E-state index contributed by atoms with van der Waals surface area (Å²) in [5.41, 5.74) is 2.06. The third-order valence-electron chi connectivity index (χ3n) is 4.60. The molecule has 1 aromatic heterocycles. The molecule has 3 heterocycles. The molecule has 0 amide bonds. The van der Waals surface area contributed by atoms with Gasteiger partial charge in [-0.15, -0.1) is 10.2 Å². The Labute approximate surface area is 123 Å². The van der Waals surface area contributed by atoms with Crippen LogP contribution in [0.15, 0.2) is 24.3 Å². The molecule has 2 aliphatic heterocycles. The van der Waals surface area contributed by atoms with Gasteiger partial charge in [0.2, 0.25) is 0 Å². The standard InChI is InChI=1S/C16H17N5/c17-9-15-16(13-3-1-2-4-14(13)20-21-15)19-12-7-10-5-6-11(8-12)18-10/h1-4,10-12,18H,5-8H2,(H,19,20). The molecule has 1 aromatic carbocycles. The first kappa shape index (κ1) is 12.5. The minimum atomic E-state index is 0.388. The van der Waals surface area contributed by atoms with Crippen molar-refractivity contribution >= 4 is 16.6 Å². The van der Waals surface area contributed by atoms with E-state index in [2.05, 4.69) is 26.9 Å². The molecule has 2 aromatic rings. The largest absolute Gasteiger partial charge is 0.379 e. The van der Waals surface area contributed by atoms with Gasteiger partial charge in [0.05, 0.1) is 11.2 Å². The second-order valence-electron chi connectivity index (χ2n) is 6.00. The normalized spacial score (nSPS) is 27.5. The number of anilines is 1. The Hall–Kier alpha value is -2.19. The average molecular weight is 279 g/mol. The van der Waals surface area contributed by atoms with Crippen molar-refractivity contribution in [2.75, 3.05) is 5.32 Å². The summed E-state index contributed by atoms with van der Waals surface area (Å²) < 4.78 is 0. The van der Waals surface area contributed by atoms with Crippen LogP contribution in [-0.4, -0.2) is 28.3 Å². The van der Waals surface area contributed by atoms with Crippen LogP contribution in [0.1, 0.15) is 31.4 Å². The molecule has 4 rings (SSSR count). The van der Waals surface area contributed by atoms with Crippen molar-refractivity contribution in [3.63, 3.8) is 0 Å². The third kappa shape index (κ3) is 2.22. The summed E-state index contributed by atoms with van der Waals surface area (Å²) in [5.74, 6) is 0. The lowest BCUT2D eigenvalue weighted by Gasteiger charge is -2.30. The summed E-state index contributed by atoms with van der Waals surface area (Å²) >= 11 is 0. The van der Waals surface area contributed by atoms with E-state index in [1.807, 2.05) is 24.3 Å². The summed E-state index contributed by atoms with van der Waals surface area (Å²) in [4.78, 5) is 0. The fraction of sp³-hybridized carbons (Fsp3) is 0.438. The molecule has 2 unspecified atom stereocenters. The molecule has 0 saturated carbocycles. The number of nitriles is 1. The molecule has 2 aliphatic rings. The molecule has 106 valence electrons. The van der Waals surface area contributed by atoms with Crippen LogP contribution in [0.25, 0.3) is 10.9 Å². The lowest BCUT2D eigenvalue weighted by molar-refractivity contribution is 0.378. The number of hydrogen-bond donors (Lipinski definition) is 2. The zero-order valence-electron chi connectivity index (χ0n) is 11.7. The second kappa shape index (κ2) is 4.97. The molecule has 2 saturated heterocycles. The highest BCUT2D eigenvalue weighted by Gasteiger charge is 2.33. The topological polar surface area (TPSA) is 73.6 Å². The van der Waals surface area contributed by atoms with Crippen LogP contribution in [0.3, 0.4) is 0 Å². The van der Waals surface area contributed by atoms with Crippen LogP contribution in [0.2, 0.25) is 0 Å². The van der Waals surface area contributed by atoms with Gasteiger partial charge in [-0.3, -0.25) is 0 Å². The molecule has 0 radical (unpaired) electrons. The lowest BCUT2D eigenvalue weighted by Crippen LogP contribution is -2.43. The first-order valence-corrected chi connectivity index (χ1v) is 7.51. The number of nitrogens with zero attached hydrogens (tertiary/aromatic N) is 3. The maximum atomic E-state index is 9.32. The van der Waals surface area contributed by atoms with Crippen LogP contribution >= 0.6 is 0 Å². The fourth-order valence-corrected chi connectivity index (χ4v) is 3.66. The number of fused-ring (bicyclic) bond motifs is 3. The van der Waals surface area contributed by atoms with Gasteiger partial charge in [0.1, 0.15) is 6.07 Å². The molecule has 21 heavy (non-hydrogen) atoms. The number of rotatable bonds is 2. The molecule has 2 atom stereocenters. The SMILES string of the molecule is N#Cc1nnc2ccccc2c1NC1CC2CCC(C1)N2. The van der Waals surface area contributed by atoms with Crippen molar-refractivity contribution in [2.24, 2.45) is 0 Å². The van der Waals surface area contributed by atoms with E-state index in [9.17, 15) is 5.26 Å². The molecule has 2 bridgehead atoms. The molecule has 5 heteroatoms. The molecule has 5 nitrogen and oxygen atoms in total. The van der Waals surface area contributed by atoms with Gasteiger partial charge in [0.15, 0.2) is 5.69 Å². The highest BCUT2D eigenvalue weighted by molar-refractivity contribution is 5.92. The minimum absolute atomic E-state index is 0.388. The predicted octanol–water partition coefficient (Wildman–Crippen LogP) is 2.20. The zero-order chi connectivity index (χ0) is 14.2. The molecule has 2 fully saturated rings. The van der Waals surface area contributed by atoms with Gasteiger partial charge in [0, 0.05) is 23.5 Å². The number of hydrogen-bond acceptors (Lipinski definition) is 5. The van der Waals surface area contributed by atoms with Gasteiger partial charge >= 0.3 is 0 Å². The summed E-state index contributed by atoms with van der Waals surface area (Å²) in [6.45, 7) is 0. The van der Waals surface area contributed by atoms with Gasteiger partial charge in [-0.1, -0.05) is 18.2 Å². The number of aromatic nitrogens is 2. The van der Waals surface area contributed by atoms with Crippen LogP contribution in [0.5, 0.6) is 0 Å². The zero-order valence-corrected chi connectivity index (χ0v) is 11.7. The van der Waals surface area contributed by atoms with Gasteiger partial charge in [-0.05, 0) is 31.7 Å². The van der Waals surface area contributed by atoms with Crippen LogP contribution < -0.4 is 10.6 Å². The second-order valence-corrected chi connectivity index (χ2v) is 6.00. The Morgan fingerprint density at radius 3 is 2.67 bits per heavy atom. The summed E-state index contributed by atoms with van der Waals surface area (Å²) in [7, 11) is 0. The van der Waals surface area contributed by atoms with E-state index in [1.165, 1.54) is 12.8 Å². The number of piperidine rings is 1. The highest BCUT2D eigenvalue weighted by Crippen LogP contribution is 2.31. The molecule has 0 spiro atoms. The van der Waals surface area contributed by atoms with Gasteiger partial charge in [0.25, 0.3) is 0 Å². The van der Waals surface area contributed by atoms with E-state index in [0.29, 0.717) is 23.8 Å². The Kier molecular flexibility index (Phi) is 2.97. The lowest BCUT2D eigenvalue weighted by atomic mass is 9.99. The molecule has 0 aliphatic carbocycles. The van der Waals surface area contributed by atoms with E-state index in [0.717, 1.165) is 29.4 Å². The summed E-state index contributed by atoms with van der Waals surface area (Å²) in [6.07, 6.45) is 4.75. The summed E-state index contributed by atoms with van der Waals surface area (Å²) in [5, 5.41) is 25.7. The molecular weight excluding hydrogens is 262 g/mol. The number of benzene rings is 1. The first-order chi connectivity index (χ1) is 10.3. The van der Waals surface area contributed by atoms with Crippen LogP contribution in [0, 0.1) is 11.3 Å². The quantitative estimate of drug-likeness (QED) is 0.881. The fourth-order valence-electron chi connectivity index (χ4n) is 3.66. The number of nitrogens with one attached hydrogen (secondary N) is 2. The Bertz CT molecular complexity index is 708. The van der Waals surface area contributed by atoms with Crippen LogP contribution in [0.4, 0.5) is 5.69 Å². The van der Waals surface area contributed by atoms with Crippen molar-refractivity contribution in [3.8, 4) is 6.07 Å². The average Bonchev–Trinajstić information content (AvgIpc) is 2.86. The van der Waals surface area contributed by atoms with Crippen molar-refractivity contribution < 1.29 is 0 Å². The van der Waals surface area contributed by atoms with Crippen molar-refractivity contribution in [2.45, 2.75) is 43.8 Å². The third-order valence-corrected chi connectivity index (χ3v) is 4.60. The molecular formula is C16H17N5. The Morgan fingerprint density at radius 2 is 1.90 bits per heavy atom. The monoisotopic (exact) mass is 279 g/mol. The van der Waals surface area contributed by atoms with Gasteiger partial charge < -0.3 is 10.6 Å². The van der Waals surface area contributed by atoms with E-state index in [1.54, 1.807) is 0 Å². The molecule has 2 N–H and O–H groups in total.